The number of nitrogens with zero attached hydrogens (tertiary/aromatic N) is 8. The second-order valence-electron chi connectivity index (χ2n) is 10.9. The Morgan fingerprint density at radius 2 is 1.57 bits per heavy atom. The van der Waals surface area contributed by atoms with Crippen molar-refractivity contribution in [2.75, 3.05) is 31.1 Å². The maximum Gasteiger partial charge on any atom is 0.333 e. The molecule has 0 spiro atoms. The number of aryl methyl sites for hydroxylation is 1. The van der Waals surface area contributed by atoms with Crippen molar-refractivity contribution in [3.8, 4) is 16.8 Å². The maximum absolute atomic E-state index is 13.6. The summed E-state index contributed by atoms with van der Waals surface area (Å²) < 4.78 is 3.41. The van der Waals surface area contributed by atoms with Gasteiger partial charge in [-0.3, -0.25) is 29.0 Å². The summed E-state index contributed by atoms with van der Waals surface area (Å²) in [5.74, 6) is 0.113. The van der Waals surface area contributed by atoms with Crippen molar-refractivity contribution in [1.82, 2.24) is 39.2 Å². The van der Waals surface area contributed by atoms with Gasteiger partial charge in [0.05, 0.1) is 34.0 Å². The van der Waals surface area contributed by atoms with Crippen LogP contribution in [0.3, 0.4) is 0 Å². The number of pyridine rings is 2. The molecule has 1 aliphatic rings. The van der Waals surface area contributed by atoms with Crippen LogP contribution >= 0.6 is 0 Å². The Bertz CT molecular complexity index is 2240. The van der Waals surface area contributed by atoms with Crippen LogP contribution in [0.4, 0.5) is 5.69 Å². The van der Waals surface area contributed by atoms with Crippen LogP contribution in [-0.4, -0.2) is 71.3 Å². The molecule has 1 aliphatic heterocycles. The van der Waals surface area contributed by atoms with Gasteiger partial charge in [0.15, 0.2) is 0 Å². The molecule has 11 heteroatoms. The molecule has 11 nitrogen and oxygen atoms in total. The number of piperazine rings is 1. The monoisotopic (exact) mass is 581 g/mol. The van der Waals surface area contributed by atoms with E-state index >= 15 is 0 Å². The van der Waals surface area contributed by atoms with Crippen molar-refractivity contribution in [2.24, 2.45) is 7.05 Å². The molecular weight excluding hydrogens is 554 g/mol. The zero-order valence-electron chi connectivity index (χ0n) is 23.9. The van der Waals surface area contributed by atoms with E-state index in [2.05, 4.69) is 48.2 Å². The van der Waals surface area contributed by atoms with E-state index in [1.54, 1.807) is 27.3 Å². The second kappa shape index (κ2) is 10.2. The number of rotatable bonds is 4. The van der Waals surface area contributed by atoms with Gasteiger partial charge in [0.1, 0.15) is 6.33 Å². The number of benzene rings is 3. The van der Waals surface area contributed by atoms with Crippen LogP contribution in [0.1, 0.15) is 10.6 Å². The van der Waals surface area contributed by atoms with Crippen molar-refractivity contribution < 1.29 is 4.79 Å². The van der Waals surface area contributed by atoms with E-state index < -0.39 is 0 Å². The highest BCUT2D eigenvalue weighted by Gasteiger charge is 2.24. The van der Waals surface area contributed by atoms with Crippen LogP contribution in [0, 0.1) is 0 Å². The summed E-state index contributed by atoms with van der Waals surface area (Å²) in [7, 11) is 1.78. The Hall–Kier alpha value is -5.84. The molecule has 1 N–H and O–H groups in total. The van der Waals surface area contributed by atoms with Crippen molar-refractivity contribution in [1.29, 1.82) is 0 Å². The van der Waals surface area contributed by atoms with Crippen LogP contribution in [0.2, 0.25) is 0 Å². The zero-order valence-corrected chi connectivity index (χ0v) is 23.9. The van der Waals surface area contributed by atoms with Gasteiger partial charge in [0, 0.05) is 61.4 Å². The molecule has 7 aromatic rings. The third-order valence-electron chi connectivity index (χ3n) is 8.46. The normalized spacial score (nSPS) is 13.8. The number of anilines is 1. The van der Waals surface area contributed by atoms with Gasteiger partial charge < -0.3 is 9.80 Å². The minimum absolute atomic E-state index is 0.139. The fraction of sp³-hybridized carbons (Fsp3) is 0.152. The standard InChI is InChI=1S/C33H27N9O2/c1-39-29-19-35-28-11-6-21(23-16-22-4-2-3-5-27(22)34-18-23)17-26(28)30(29)42(33(39)44)25-9-7-24(8-10-25)40-12-14-41(15-13-40)32(43)31-36-20-37-38-31/h2-11,16-20H,12-15H2,1H3,(H,36,37,38). The van der Waals surface area contributed by atoms with Crippen LogP contribution in [0.25, 0.3) is 49.7 Å². The summed E-state index contributed by atoms with van der Waals surface area (Å²) in [5.41, 5.74) is 6.99. The van der Waals surface area contributed by atoms with Gasteiger partial charge >= 0.3 is 5.69 Å². The Balaban J connectivity index is 1.14. The lowest BCUT2D eigenvalue weighted by Crippen LogP contribution is -2.49. The molecule has 0 radical (unpaired) electrons. The first-order chi connectivity index (χ1) is 21.5. The van der Waals surface area contributed by atoms with Crippen molar-refractivity contribution >= 4 is 44.4 Å². The topological polar surface area (TPSA) is 118 Å². The number of nitrogens with one attached hydrogen (secondary N) is 1. The molecule has 0 saturated carbocycles. The number of H-pyrrole nitrogens is 1. The Kier molecular flexibility index (Phi) is 5.97. The first-order valence-corrected chi connectivity index (χ1v) is 14.4. The maximum atomic E-state index is 13.6. The summed E-state index contributed by atoms with van der Waals surface area (Å²) in [6.07, 6.45) is 4.99. The summed E-state index contributed by atoms with van der Waals surface area (Å²) in [4.78, 5) is 43.6. The highest BCUT2D eigenvalue weighted by molar-refractivity contribution is 6.05. The summed E-state index contributed by atoms with van der Waals surface area (Å²) >= 11 is 0. The molecule has 5 heterocycles. The number of amides is 1. The van der Waals surface area contributed by atoms with E-state index in [1.165, 1.54) is 6.33 Å². The summed E-state index contributed by atoms with van der Waals surface area (Å²) in [5, 5.41) is 8.39. The third kappa shape index (κ3) is 4.20. The Morgan fingerprint density at radius 1 is 0.795 bits per heavy atom. The minimum atomic E-state index is -0.144. The van der Waals surface area contributed by atoms with Crippen LogP contribution in [0.15, 0.2) is 96.3 Å². The average molecular weight is 582 g/mol. The Morgan fingerprint density at radius 3 is 2.36 bits per heavy atom. The van der Waals surface area contributed by atoms with E-state index in [0.29, 0.717) is 26.2 Å². The van der Waals surface area contributed by atoms with Crippen LogP contribution in [-0.2, 0) is 7.05 Å². The molecule has 0 atom stereocenters. The summed E-state index contributed by atoms with van der Waals surface area (Å²) in [6, 6.07) is 24.4. The van der Waals surface area contributed by atoms with E-state index in [-0.39, 0.29) is 17.4 Å². The molecule has 1 amide bonds. The van der Waals surface area contributed by atoms with Gasteiger partial charge in [0.2, 0.25) is 5.82 Å². The molecule has 1 fully saturated rings. The molecule has 1 saturated heterocycles. The lowest BCUT2D eigenvalue weighted by atomic mass is 10.0. The van der Waals surface area contributed by atoms with Gasteiger partial charge in [-0.2, -0.15) is 5.10 Å². The molecule has 0 unspecified atom stereocenters. The van der Waals surface area contributed by atoms with E-state index in [4.69, 9.17) is 0 Å². The zero-order chi connectivity index (χ0) is 29.8. The molecule has 0 bridgehead atoms. The number of fused-ring (bicyclic) bond motifs is 4. The number of aromatic amines is 1. The fourth-order valence-electron chi connectivity index (χ4n) is 6.08. The lowest BCUT2D eigenvalue weighted by Gasteiger charge is -2.35. The minimum Gasteiger partial charge on any atom is -0.368 e. The van der Waals surface area contributed by atoms with E-state index in [0.717, 1.165) is 55.3 Å². The van der Waals surface area contributed by atoms with E-state index in [9.17, 15) is 9.59 Å². The molecule has 216 valence electrons. The molecular formula is C33H27N9O2. The lowest BCUT2D eigenvalue weighted by molar-refractivity contribution is 0.0735. The van der Waals surface area contributed by atoms with Crippen molar-refractivity contribution in [3.63, 3.8) is 0 Å². The fourth-order valence-corrected chi connectivity index (χ4v) is 6.08. The van der Waals surface area contributed by atoms with Gasteiger partial charge in [-0.15, -0.1) is 0 Å². The largest absolute Gasteiger partial charge is 0.368 e. The number of hydrogen-bond acceptors (Lipinski definition) is 7. The van der Waals surface area contributed by atoms with E-state index in [1.807, 2.05) is 60.8 Å². The molecule has 44 heavy (non-hydrogen) atoms. The quantitative estimate of drug-likeness (QED) is 0.332. The van der Waals surface area contributed by atoms with Crippen LogP contribution < -0.4 is 10.6 Å². The third-order valence-corrected chi connectivity index (χ3v) is 8.46. The number of hydrogen-bond donors (Lipinski definition) is 1. The van der Waals surface area contributed by atoms with Gasteiger partial charge in [0.25, 0.3) is 5.91 Å². The molecule has 8 rings (SSSR count). The number of aromatic nitrogens is 7. The second-order valence-corrected chi connectivity index (χ2v) is 10.9. The van der Waals surface area contributed by atoms with Crippen molar-refractivity contribution in [2.45, 2.75) is 0 Å². The van der Waals surface area contributed by atoms with Gasteiger partial charge in [-0.1, -0.05) is 24.3 Å². The molecule has 3 aromatic carbocycles. The highest BCUT2D eigenvalue weighted by Crippen LogP contribution is 2.31. The predicted molar refractivity (Wildman–Crippen MR) is 169 cm³/mol. The highest BCUT2D eigenvalue weighted by atomic mass is 16.2. The number of carbonyl (C=O) groups excluding carboxylic acids is 1. The first-order valence-electron chi connectivity index (χ1n) is 14.4. The average Bonchev–Trinajstić information content (AvgIpc) is 3.71. The SMILES string of the molecule is Cn1c(=O)n(-c2ccc(N3CCN(C(=O)c4ncn[nH]4)CC3)cc2)c2c3cc(-c4cnc5ccccc5c4)ccc3ncc21. The van der Waals surface area contributed by atoms with Gasteiger partial charge in [-0.05, 0) is 54.1 Å². The van der Waals surface area contributed by atoms with Crippen LogP contribution in [0.5, 0.6) is 0 Å². The van der Waals surface area contributed by atoms with Crippen molar-refractivity contribution in [3.05, 3.63) is 108 Å². The Labute approximate surface area is 251 Å². The smallest absolute Gasteiger partial charge is 0.333 e. The number of carbonyl (C=O) groups is 1. The summed E-state index contributed by atoms with van der Waals surface area (Å²) in [6.45, 7) is 2.54. The first kappa shape index (κ1) is 25.8. The number of para-hydroxylation sites is 1. The molecule has 0 aliphatic carbocycles. The number of imidazole rings is 1. The predicted octanol–water partition coefficient (Wildman–Crippen LogP) is 4.17. The van der Waals surface area contributed by atoms with Gasteiger partial charge in [-0.25, -0.2) is 9.78 Å². The molecule has 4 aromatic heterocycles.